The molecule has 0 radical (unpaired) electrons. The Kier molecular flexibility index (Phi) is 4.19. The second-order valence-electron chi connectivity index (χ2n) is 6.42. The van der Waals surface area contributed by atoms with Crippen molar-refractivity contribution in [1.82, 2.24) is 5.16 Å². The Labute approximate surface area is 160 Å². The normalized spacial score (nSPS) is 18.6. The van der Waals surface area contributed by atoms with Crippen molar-refractivity contribution in [1.29, 1.82) is 0 Å². The lowest BCUT2D eigenvalue weighted by Gasteiger charge is -2.22. The van der Waals surface area contributed by atoms with Crippen molar-refractivity contribution < 1.29 is 24.3 Å². The molecule has 2 N–H and O–H groups in total. The summed E-state index contributed by atoms with van der Waals surface area (Å²) in [4.78, 5) is 26.9. The van der Waals surface area contributed by atoms with Crippen LogP contribution in [0.25, 0.3) is 5.76 Å². The minimum Gasteiger partial charge on any atom is -0.508 e. The van der Waals surface area contributed by atoms with E-state index in [0.717, 1.165) is 0 Å². The average molecular weight is 376 g/mol. The SMILES string of the molecule is Cc1cc(N2C(=O)C(=O)C(=C(O)c3ccccc3)[C@H]2c2ccc(O)cc2)no1. The van der Waals surface area contributed by atoms with Crippen molar-refractivity contribution >= 4 is 23.3 Å². The number of aryl methyl sites for hydroxylation is 1. The maximum Gasteiger partial charge on any atom is 0.301 e. The van der Waals surface area contributed by atoms with E-state index in [1.807, 2.05) is 0 Å². The molecule has 0 bridgehead atoms. The van der Waals surface area contributed by atoms with Gasteiger partial charge >= 0.3 is 5.91 Å². The summed E-state index contributed by atoms with van der Waals surface area (Å²) in [7, 11) is 0. The van der Waals surface area contributed by atoms with Gasteiger partial charge in [-0.15, -0.1) is 0 Å². The van der Waals surface area contributed by atoms with Crippen molar-refractivity contribution in [2.24, 2.45) is 0 Å². The summed E-state index contributed by atoms with van der Waals surface area (Å²) in [6.45, 7) is 1.67. The van der Waals surface area contributed by atoms with Gasteiger partial charge in [-0.2, -0.15) is 0 Å². The summed E-state index contributed by atoms with van der Waals surface area (Å²) in [5.41, 5.74) is 0.901. The van der Waals surface area contributed by atoms with Crippen LogP contribution in [-0.4, -0.2) is 27.1 Å². The molecule has 1 saturated heterocycles. The molecule has 7 heteroatoms. The molecule has 2 aromatic carbocycles. The van der Waals surface area contributed by atoms with E-state index in [2.05, 4.69) is 5.16 Å². The monoisotopic (exact) mass is 376 g/mol. The van der Waals surface area contributed by atoms with Crippen LogP contribution in [0.5, 0.6) is 5.75 Å². The van der Waals surface area contributed by atoms with Crippen LogP contribution in [0.2, 0.25) is 0 Å². The number of Topliss-reactive ketones (excluding diaryl/α,β-unsaturated/α-hetero) is 1. The zero-order valence-corrected chi connectivity index (χ0v) is 14.9. The van der Waals surface area contributed by atoms with Gasteiger partial charge in [0, 0.05) is 11.6 Å². The van der Waals surface area contributed by atoms with Gasteiger partial charge < -0.3 is 14.7 Å². The van der Waals surface area contributed by atoms with Gasteiger partial charge in [0.15, 0.2) is 5.82 Å². The van der Waals surface area contributed by atoms with Crippen molar-refractivity contribution in [3.05, 3.63) is 83.1 Å². The number of ketones is 1. The molecule has 2 heterocycles. The quantitative estimate of drug-likeness (QED) is 0.413. The Morgan fingerprint density at radius 3 is 2.36 bits per heavy atom. The molecular formula is C21H16N2O5. The first-order valence-electron chi connectivity index (χ1n) is 8.56. The number of aromatic nitrogens is 1. The van der Waals surface area contributed by atoms with Gasteiger partial charge in [0.05, 0.1) is 11.6 Å². The number of hydrogen-bond acceptors (Lipinski definition) is 6. The molecule has 0 spiro atoms. The predicted molar refractivity (Wildman–Crippen MR) is 101 cm³/mol. The summed E-state index contributed by atoms with van der Waals surface area (Å²) in [5.74, 6) is -1.22. The number of rotatable bonds is 3. The Bertz CT molecular complexity index is 1080. The highest BCUT2D eigenvalue weighted by Gasteiger charge is 2.48. The van der Waals surface area contributed by atoms with E-state index in [1.54, 1.807) is 55.5 Å². The topological polar surface area (TPSA) is 104 Å². The number of nitrogens with zero attached hydrogens (tertiary/aromatic N) is 2. The fourth-order valence-electron chi connectivity index (χ4n) is 3.26. The molecule has 1 aromatic heterocycles. The zero-order chi connectivity index (χ0) is 19.8. The van der Waals surface area contributed by atoms with Crippen LogP contribution >= 0.6 is 0 Å². The maximum absolute atomic E-state index is 12.8. The number of aliphatic hydroxyl groups excluding tert-OH is 1. The Morgan fingerprint density at radius 2 is 1.75 bits per heavy atom. The van der Waals surface area contributed by atoms with Crippen molar-refractivity contribution in [3.63, 3.8) is 0 Å². The lowest BCUT2D eigenvalue weighted by Crippen LogP contribution is -2.29. The van der Waals surface area contributed by atoms with E-state index in [1.165, 1.54) is 17.0 Å². The van der Waals surface area contributed by atoms with Crippen molar-refractivity contribution in [3.8, 4) is 5.75 Å². The van der Waals surface area contributed by atoms with Gasteiger partial charge in [-0.05, 0) is 24.6 Å². The first kappa shape index (κ1) is 17.5. The summed E-state index contributed by atoms with van der Waals surface area (Å²) >= 11 is 0. The molecule has 1 aliphatic heterocycles. The Balaban J connectivity index is 1.94. The number of aliphatic hydroxyl groups is 1. The van der Waals surface area contributed by atoms with E-state index in [-0.39, 0.29) is 22.9 Å². The van der Waals surface area contributed by atoms with Crippen molar-refractivity contribution in [2.75, 3.05) is 4.90 Å². The minimum absolute atomic E-state index is 0.0426. The van der Waals surface area contributed by atoms with E-state index < -0.39 is 17.7 Å². The van der Waals surface area contributed by atoms with Gasteiger partial charge in [-0.3, -0.25) is 14.5 Å². The second-order valence-corrected chi connectivity index (χ2v) is 6.42. The van der Waals surface area contributed by atoms with Gasteiger partial charge in [-0.1, -0.05) is 47.6 Å². The third kappa shape index (κ3) is 2.83. The lowest BCUT2D eigenvalue weighted by atomic mass is 9.95. The number of amides is 1. The summed E-state index contributed by atoms with van der Waals surface area (Å²) in [5, 5.41) is 24.3. The number of carbonyl (C=O) groups is 2. The standard InChI is InChI=1S/C21H16N2O5/c1-12-11-16(22-28-12)23-18(13-7-9-15(24)10-8-13)17(20(26)21(23)27)19(25)14-5-3-2-4-6-14/h2-11,18,24-25H,1H3/t18-/m1/s1. The number of hydrogen-bond donors (Lipinski definition) is 2. The third-order valence-corrected chi connectivity index (χ3v) is 4.56. The molecule has 0 aliphatic carbocycles. The molecule has 3 aromatic rings. The number of carbonyl (C=O) groups excluding carboxylic acids is 2. The number of phenolic OH excluding ortho intramolecular Hbond substituents is 1. The Morgan fingerprint density at radius 1 is 1.07 bits per heavy atom. The average Bonchev–Trinajstić information content (AvgIpc) is 3.24. The van der Waals surface area contributed by atoms with Crippen LogP contribution in [0.1, 0.15) is 22.9 Å². The largest absolute Gasteiger partial charge is 0.508 e. The first-order valence-corrected chi connectivity index (χ1v) is 8.56. The van der Waals surface area contributed by atoms with Gasteiger partial charge in [0.1, 0.15) is 17.3 Å². The fraction of sp³-hybridized carbons (Fsp3) is 0.0952. The zero-order valence-electron chi connectivity index (χ0n) is 14.9. The molecule has 1 amide bonds. The van der Waals surface area contributed by atoms with E-state index in [4.69, 9.17) is 4.52 Å². The highest BCUT2D eigenvalue weighted by atomic mass is 16.5. The fourth-order valence-corrected chi connectivity index (χ4v) is 3.26. The van der Waals surface area contributed by atoms with Crippen LogP contribution in [0.3, 0.4) is 0 Å². The molecule has 1 atom stereocenters. The van der Waals surface area contributed by atoms with Crippen LogP contribution in [0, 0.1) is 6.92 Å². The van der Waals surface area contributed by atoms with Crippen LogP contribution < -0.4 is 4.90 Å². The molecular weight excluding hydrogens is 360 g/mol. The number of anilines is 1. The molecule has 1 fully saturated rings. The molecule has 4 rings (SSSR count). The van der Waals surface area contributed by atoms with Crippen LogP contribution in [-0.2, 0) is 9.59 Å². The predicted octanol–water partition coefficient (Wildman–Crippen LogP) is 3.31. The highest BCUT2D eigenvalue weighted by molar-refractivity contribution is 6.51. The summed E-state index contributed by atoms with van der Waals surface area (Å²) in [6.07, 6.45) is 0. The van der Waals surface area contributed by atoms with Gasteiger partial charge in [0.25, 0.3) is 5.78 Å². The van der Waals surface area contributed by atoms with Crippen molar-refractivity contribution in [2.45, 2.75) is 13.0 Å². The number of benzene rings is 2. The first-order chi connectivity index (χ1) is 13.5. The second kappa shape index (κ2) is 6.70. The van der Waals surface area contributed by atoms with E-state index in [9.17, 15) is 19.8 Å². The van der Waals surface area contributed by atoms with Crippen LogP contribution in [0.4, 0.5) is 5.82 Å². The summed E-state index contributed by atoms with van der Waals surface area (Å²) < 4.78 is 5.07. The molecule has 0 unspecified atom stereocenters. The molecule has 140 valence electrons. The Hall–Kier alpha value is -3.87. The lowest BCUT2D eigenvalue weighted by molar-refractivity contribution is -0.132. The van der Waals surface area contributed by atoms with Gasteiger partial charge in [-0.25, -0.2) is 0 Å². The molecule has 1 aliphatic rings. The number of phenols is 1. The minimum atomic E-state index is -0.912. The molecule has 7 nitrogen and oxygen atoms in total. The third-order valence-electron chi connectivity index (χ3n) is 4.56. The molecule has 28 heavy (non-hydrogen) atoms. The van der Waals surface area contributed by atoms with E-state index >= 15 is 0 Å². The molecule has 0 saturated carbocycles. The smallest absolute Gasteiger partial charge is 0.301 e. The van der Waals surface area contributed by atoms with Gasteiger partial charge in [0.2, 0.25) is 0 Å². The van der Waals surface area contributed by atoms with E-state index in [0.29, 0.717) is 16.9 Å². The summed E-state index contributed by atoms with van der Waals surface area (Å²) in [6, 6.07) is 15.2. The highest BCUT2D eigenvalue weighted by Crippen LogP contribution is 2.42. The van der Waals surface area contributed by atoms with Crippen LogP contribution in [0.15, 0.2) is 70.8 Å². The maximum atomic E-state index is 12.8. The number of aromatic hydroxyl groups is 1.